The highest BCUT2D eigenvalue weighted by atomic mass is 19.4. The molecule has 1 heterocycles. The monoisotopic (exact) mass is 374 g/mol. The SMILES string of the molecule is CC(=O)Nc1ccc2c(c1)NC(CN(CC(N)=O)C(=O)C(F)(F)F)CO2. The molecular formula is C15H17F3N4O4. The van der Waals surface area contributed by atoms with E-state index in [0.717, 1.165) is 0 Å². The maximum Gasteiger partial charge on any atom is 0.471 e. The van der Waals surface area contributed by atoms with Crippen molar-refractivity contribution in [2.24, 2.45) is 5.73 Å². The predicted molar refractivity (Wildman–Crippen MR) is 85.5 cm³/mol. The van der Waals surface area contributed by atoms with Gasteiger partial charge in [0.2, 0.25) is 11.8 Å². The highest BCUT2D eigenvalue weighted by molar-refractivity contribution is 5.90. The smallest absolute Gasteiger partial charge is 0.471 e. The summed E-state index contributed by atoms with van der Waals surface area (Å²) in [5.74, 6) is -3.07. The minimum Gasteiger partial charge on any atom is -0.489 e. The Labute approximate surface area is 146 Å². The van der Waals surface area contributed by atoms with Gasteiger partial charge in [-0.2, -0.15) is 13.2 Å². The summed E-state index contributed by atoms with van der Waals surface area (Å²) in [5.41, 5.74) is 5.83. The fraction of sp³-hybridized carbons (Fsp3) is 0.400. The number of nitrogens with zero attached hydrogens (tertiary/aromatic N) is 1. The van der Waals surface area contributed by atoms with E-state index >= 15 is 0 Å². The van der Waals surface area contributed by atoms with E-state index in [1.165, 1.54) is 6.92 Å². The van der Waals surface area contributed by atoms with Crippen molar-refractivity contribution >= 4 is 29.1 Å². The van der Waals surface area contributed by atoms with Gasteiger partial charge in [-0.25, -0.2) is 0 Å². The average molecular weight is 374 g/mol. The number of fused-ring (bicyclic) bond motifs is 1. The van der Waals surface area contributed by atoms with Gasteiger partial charge in [0.1, 0.15) is 12.4 Å². The highest BCUT2D eigenvalue weighted by Gasteiger charge is 2.43. The summed E-state index contributed by atoms with van der Waals surface area (Å²) in [6, 6.07) is 4.04. The van der Waals surface area contributed by atoms with Gasteiger partial charge in [0.05, 0.1) is 18.3 Å². The number of amides is 3. The lowest BCUT2D eigenvalue weighted by Gasteiger charge is -2.32. The van der Waals surface area contributed by atoms with Crippen LogP contribution < -0.4 is 21.1 Å². The second kappa shape index (κ2) is 7.50. The van der Waals surface area contributed by atoms with E-state index in [1.54, 1.807) is 18.2 Å². The Hall–Kier alpha value is -2.98. The Morgan fingerprint density at radius 2 is 2.08 bits per heavy atom. The molecule has 1 aliphatic heterocycles. The van der Waals surface area contributed by atoms with Crippen LogP contribution in [0.25, 0.3) is 0 Å². The zero-order valence-electron chi connectivity index (χ0n) is 13.7. The summed E-state index contributed by atoms with van der Waals surface area (Å²) in [7, 11) is 0. The number of hydrogen-bond donors (Lipinski definition) is 3. The first-order valence-electron chi connectivity index (χ1n) is 7.51. The van der Waals surface area contributed by atoms with Crippen LogP contribution in [-0.2, 0) is 14.4 Å². The highest BCUT2D eigenvalue weighted by Crippen LogP contribution is 2.32. The molecular weight excluding hydrogens is 357 g/mol. The summed E-state index contributed by atoms with van der Waals surface area (Å²) < 4.78 is 43.5. The molecule has 0 aliphatic carbocycles. The second-order valence-corrected chi connectivity index (χ2v) is 5.69. The van der Waals surface area contributed by atoms with Crippen molar-refractivity contribution in [1.82, 2.24) is 4.90 Å². The van der Waals surface area contributed by atoms with E-state index in [2.05, 4.69) is 10.6 Å². The van der Waals surface area contributed by atoms with Gasteiger partial charge < -0.3 is 26.0 Å². The van der Waals surface area contributed by atoms with Crippen LogP contribution in [-0.4, -0.2) is 54.5 Å². The van der Waals surface area contributed by atoms with Crippen molar-refractivity contribution < 1.29 is 32.3 Å². The molecule has 0 radical (unpaired) electrons. The summed E-state index contributed by atoms with van der Waals surface area (Å²) >= 11 is 0. The number of ether oxygens (including phenoxy) is 1. The van der Waals surface area contributed by atoms with Gasteiger partial charge in [-0.1, -0.05) is 0 Å². The number of hydrogen-bond acceptors (Lipinski definition) is 5. The first-order valence-corrected chi connectivity index (χ1v) is 7.51. The molecule has 0 spiro atoms. The predicted octanol–water partition coefficient (Wildman–Crippen LogP) is 0.694. The third kappa shape index (κ3) is 5.01. The molecule has 3 amide bonds. The maximum absolute atomic E-state index is 12.7. The Morgan fingerprint density at radius 1 is 1.38 bits per heavy atom. The van der Waals surface area contributed by atoms with Gasteiger partial charge in [-0.05, 0) is 18.2 Å². The zero-order valence-corrected chi connectivity index (χ0v) is 13.7. The van der Waals surface area contributed by atoms with Crippen molar-refractivity contribution in [3.05, 3.63) is 18.2 Å². The summed E-state index contributed by atoms with van der Waals surface area (Å²) in [4.78, 5) is 33.9. The third-order valence-corrected chi connectivity index (χ3v) is 3.42. The van der Waals surface area contributed by atoms with Gasteiger partial charge in [-0.15, -0.1) is 0 Å². The number of alkyl halides is 3. The number of rotatable bonds is 5. The lowest BCUT2D eigenvalue weighted by molar-refractivity contribution is -0.186. The fourth-order valence-electron chi connectivity index (χ4n) is 2.45. The average Bonchev–Trinajstić information content (AvgIpc) is 2.51. The minimum atomic E-state index is -5.12. The Balaban J connectivity index is 2.13. The maximum atomic E-state index is 12.7. The van der Waals surface area contributed by atoms with E-state index in [4.69, 9.17) is 10.5 Å². The van der Waals surface area contributed by atoms with Crippen molar-refractivity contribution in [3.63, 3.8) is 0 Å². The van der Waals surface area contributed by atoms with Crippen LogP contribution >= 0.6 is 0 Å². The van der Waals surface area contributed by atoms with Crippen molar-refractivity contribution in [3.8, 4) is 5.75 Å². The van der Waals surface area contributed by atoms with Gasteiger partial charge in [-0.3, -0.25) is 14.4 Å². The van der Waals surface area contributed by atoms with Crippen molar-refractivity contribution in [1.29, 1.82) is 0 Å². The fourth-order valence-corrected chi connectivity index (χ4v) is 2.45. The lowest BCUT2D eigenvalue weighted by atomic mass is 10.1. The van der Waals surface area contributed by atoms with Crippen LogP contribution in [0.3, 0.4) is 0 Å². The van der Waals surface area contributed by atoms with Crippen LogP contribution in [0.4, 0.5) is 24.5 Å². The summed E-state index contributed by atoms with van der Waals surface area (Å²) in [6.45, 7) is 0.00389. The first kappa shape index (κ1) is 19.3. The van der Waals surface area contributed by atoms with Crippen LogP contribution in [0.1, 0.15) is 6.92 Å². The Morgan fingerprint density at radius 3 is 2.65 bits per heavy atom. The van der Waals surface area contributed by atoms with Crippen molar-refractivity contribution in [2.75, 3.05) is 30.3 Å². The van der Waals surface area contributed by atoms with E-state index in [1.807, 2.05) is 0 Å². The zero-order chi connectivity index (χ0) is 19.5. The Bertz CT molecular complexity index is 723. The number of nitrogens with two attached hydrogens (primary N) is 1. The molecule has 11 heteroatoms. The van der Waals surface area contributed by atoms with Gasteiger partial charge in [0.25, 0.3) is 0 Å². The topological polar surface area (TPSA) is 114 Å². The minimum absolute atomic E-state index is 0.0209. The Kier molecular flexibility index (Phi) is 5.58. The molecule has 0 saturated heterocycles. The third-order valence-electron chi connectivity index (χ3n) is 3.42. The molecule has 1 atom stereocenters. The van der Waals surface area contributed by atoms with Crippen LogP contribution in [0.15, 0.2) is 18.2 Å². The molecule has 2 rings (SSSR count). The molecule has 1 unspecified atom stereocenters. The first-order chi connectivity index (χ1) is 12.1. The lowest BCUT2D eigenvalue weighted by Crippen LogP contribution is -2.51. The van der Waals surface area contributed by atoms with Crippen LogP contribution in [0.5, 0.6) is 5.75 Å². The molecule has 0 fully saturated rings. The molecule has 1 aromatic carbocycles. The number of nitrogens with one attached hydrogen (secondary N) is 2. The molecule has 1 aromatic rings. The normalized spacial score (nSPS) is 15.9. The largest absolute Gasteiger partial charge is 0.489 e. The molecule has 142 valence electrons. The van der Waals surface area contributed by atoms with Gasteiger partial charge in [0.15, 0.2) is 0 Å². The van der Waals surface area contributed by atoms with E-state index < -0.39 is 37.1 Å². The van der Waals surface area contributed by atoms with Gasteiger partial charge in [0, 0.05) is 19.2 Å². The summed E-state index contributed by atoms with van der Waals surface area (Å²) in [5, 5.41) is 5.50. The standard InChI is InChI=1S/C15H17F3N4O4/c1-8(23)20-9-2-3-12-11(4-9)21-10(7-26-12)5-22(6-13(19)24)14(25)15(16,17)18/h2-4,10,21H,5-7H2,1H3,(H2,19,24)(H,20,23). The van der Waals surface area contributed by atoms with E-state index in [-0.39, 0.29) is 12.5 Å². The number of benzene rings is 1. The molecule has 26 heavy (non-hydrogen) atoms. The molecule has 0 saturated carbocycles. The molecule has 1 aliphatic rings. The molecule has 0 bridgehead atoms. The molecule has 8 nitrogen and oxygen atoms in total. The van der Waals surface area contributed by atoms with E-state index in [9.17, 15) is 27.6 Å². The molecule has 4 N–H and O–H groups in total. The van der Waals surface area contributed by atoms with Gasteiger partial charge >= 0.3 is 12.1 Å². The second-order valence-electron chi connectivity index (χ2n) is 5.69. The number of halogens is 3. The van der Waals surface area contributed by atoms with Crippen LogP contribution in [0.2, 0.25) is 0 Å². The quantitative estimate of drug-likeness (QED) is 0.702. The number of anilines is 2. The number of primary amides is 1. The molecule has 0 aromatic heterocycles. The van der Waals surface area contributed by atoms with E-state index in [0.29, 0.717) is 22.0 Å². The summed E-state index contributed by atoms with van der Waals surface area (Å²) in [6.07, 6.45) is -5.12. The van der Waals surface area contributed by atoms with Crippen molar-refractivity contribution in [2.45, 2.75) is 19.1 Å². The van der Waals surface area contributed by atoms with Crippen LogP contribution in [0, 0.1) is 0 Å². The number of carbonyl (C=O) groups is 3. The number of carbonyl (C=O) groups excluding carboxylic acids is 3.